The highest BCUT2D eigenvalue weighted by Crippen LogP contribution is 2.23. The summed E-state index contributed by atoms with van der Waals surface area (Å²) in [6.45, 7) is 4.72. The molecule has 108 valence electrons. The van der Waals surface area contributed by atoms with Crippen LogP contribution in [-0.2, 0) is 4.74 Å². The quantitative estimate of drug-likeness (QED) is 0.582. The van der Waals surface area contributed by atoms with Gasteiger partial charge in [-0.3, -0.25) is 4.90 Å². The fourth-order valence-corrected chi connectivity index (χ4v) is 2.61. The second-order valence-electron chi connectivity index (χ2n) is 5.24. The van der Waals surface area contributed by atoms with Gasteiger partial charge in [0, 0.05) is 25.7 Å². The molecule has 1 saturated carbocycles. The van der Waals surface area contributed by atoms with Gasteiger partial charge in [0.2, 0.25) is 0 Å². The number of aliphatic hydroxyl groups excluding tert-OH is 2. The van der Waals surface area contributed by atoms with Crippen LogP contribution in [0, 0.1) is 0 Å². The van der Waals surface area contributed by atoms with Gasteiger partial charge in [0.25, 0.3) is 0 Å². The Bertz CT molecular complexity index is 195. The number of hydrogen-bond acceptors (Lipinski definition) is 4. The summed E-state index contributed by atoms with van der Waals surface area (Å²) in [6, 6.07) is 0.544. The highest BCUT2D eigenvalue weighted by atomic mass is 16.5. The number of ether oxygens (including phenoxy) is 1. The Morgan fingerprint density at radius 1 is 1.33 bits per heavy atom. The van der Waals surface area contributed by atoms with E-state index in [1.165, 1.54) is 25.7 Å². The lowest BCUT2D eigenvalue weighted by atomic mass is 10.2. The summed E-state index contributed by atoms with van der Waals surface area (Å²) >= 11 is 0. The topological polar surface area (TPSA) is 52.9 Å². The monoisotopic (exact) mass is 259 g/mol. The van der Waals surface area contributed by atoms with Crippen molar-refractivity contribution in [3.63, 3.8) is 0 Å². The molecule has 0 aromatic carbocycles. The standard InChI is InChI=1S/C14H29NO3/c1-2-3-10-18-12-14(17)11-15(8-9-16)13-6-4-5-7-13/h13-14,16-17H,2-12H2,1H3. The van der Waals surface area contributed by atoms with Crippen LogP contribution in [0.25, 0.3) is 0 Å². The Kier molecular flexibility index (Phi) is 8.59. The zero-order valence-corrected chi connectivity index (χ0v) is 11.7. The molecule has 0 radical (unpaired) electrons. The van der Waals surface area contributed by atoms with Gasteiger partial charge in [-0.05, 0) is 19.3 Å². The Hall–Kier alpha value is -0.160. The molecule has 0 aliphatic heterocycles. The van der Waals surface area contributed by atoms with Gasteiger partial charge in [-0.15, -0.1) is 0 Å². The normalized spacial score (nSPS) is 18.7. The van der Waals surface area contributed by atoms with Crippen LogP contribution in [0.1, 0.15) is 45.4 Å². The highest BCUT2D eigenvalue weighted by Gasteiger charge is 2.23. The molecular formula is C14H29NO3. The molecule has 1 unspecified atom stereocenters. The van der Waals surface area contributed by atoms with Crippen LogP contribution in [0.4, 0.5) is 0 Å². The van der Waals surface area contributed by atoms with E-state index >= 15 is 0 Å². The number of unbranched alkanes of at least 4 members (excludes halogenated alkanes) is 1. The third-order valence-electron chi connectivity index (χ3n) is 3.63. The summed E-state index contributed by atoms with van der Waals surface area (Å²) in [6.07, 6.45) is 6.68. The van der Waals surface area contributed by atoms with Crippen LogP contribution < -0.4 is 0 Å². The first-order chi connectivity index (χ1) is 8.77. The summed E-state index contributed by atoms with van der Waals surface area (Å²) in [5.74, 6) is 0. The first kappa shape index (κ1) is 15.9. The van der Waals surface area contributed by atoms with Crippen molar-refractivity contribution in [3.8, 4) is 0 Å². The predicted octanol–water partition coefficient (Wildman–Crippen LogP) is 1.40. The summed E-state index contributed by atoms with van der Waals surface area (Å²) in [4.78, 5) is 2.22. The second-order valence-corrected chi connectivity index (χ2v) is 5.24. The molecule has 2 N–H and O–H groups in total. The lowest BCUT2D eigenvalue weighted by molar-refractivity contribution is 0.00473. The van der Waals surface area contributed by atoms with Gasteiger partial charge in [-0.2, -0.15) is 0 Å². The zero-order chi connectivity index (χ0) is 13.2. The van der Waals surface area contributed by atoms with E-state index < -0.39 is 6.10 Å². The lowest BCUT2D eigenvalue weighted by Gasteiger charge is -2.30. The average Bonchev–Trinajstić information content (AvgIpc) is 2.88. The van der Waals surface area contributed by atoms with Crippen LogP contribution in [-0.4, -0.2) is 60.2 Å². The third kappa shape index (κ3) is 6.14. The van der Waals surface area contributed by atoms with Gasteiger partial charge in [-0.25, -0.2) is 0 Å². The zero-order valence-electron chi connectivity index (χ0n) is 11.7. The summed E-state index contributed by atoms with van der Waals surface area (Å²) in [5.41, 5.74) is 0. The molecule has 1 aliphatic carbocycles. The Labute approximate surface area is 111 Å². The van der Waals surface area contributed by atoms with Crippen molar-refractivity contribution in [3.05, 3.63) is 0 Å². The Morgan fingerprint density at radius 3 is 2.67 bits per heavy atom. The predicted molar refractivity (Wildman–Crippen MR) is 72.6 cm³/mol. The molecule has 1 atom stereocenters. The molecule has 0 spiro atoms. The van der Waals surface area contributed by atoms with Crippen molar-refractivity contribution >= 4 is 0 Å². The van der Waals surface area contributed by atoms with Crippen molar-refractivity contribution in [1.82, 2.24) is 4.90 Å². The smallest absolute Gasteiger partial charge is 0.0900 e. The lowest BCUT2D eigenvalue weighted by Crippen LogP contribution is -2.42. The molecule has 0 aromatic heterocycles. The van der Waals surface area contributed by atoms with Crippen LogP contribution in [0.5, 0.6) is 0 Å². The maximum atomic E-state index is 9.96. The van der Waals surface area contributed by atoms with E-state index in [1.54, 1.807) is 0 Å². The van der Waals surface area contributed by atoms with Crippen LogP contribution in [0.3, 0.4) is 0 Å². The molecule has 0 bridgehead atoms. The van der Waals surface area contributed by atoms with E-state index in [4.69, 9.17) is 9.84 Å². The second kappa shape index (κ2) is 9.73. The molecule has 1 fully saturated rings. The van der Waals surface area contributed by atoms with Gasteiger partial charge in [-0.1, -0.05) is 26.2 Å². The number of rotatable bonds is 10. The molecule has 0 aromatic rings. The maximum absolute atomic E-state index is 9.96. The summed E-state index contributed by atoms with van der Waals surface area (Å²) < 4.78 is 5.44. The summed E-state index contributed by atoms with van der Waals surface area (Å²) in [5, 5.41) is 19.1. The van der Waals surface area contributed by atoms with Crippen molar-refractivity contribution in [2.75, 3.05) is 32.9 Å². The Morgan fingerprint density at radius 2 is 2.06 bits per heavy atom. The molecule has 0 saturated heterocycles. The van der Waals surface area contributed by atoms with Crippen molar-refractivity contribution < 1.29 is 14.9 Å². The van der Waals surface area contributed by atoms with Gasteiger partial charge < -0.3 is 14.9 Å². The maximum Gasteiger partial charge on any atom is 0.0900 e. The third-order valence-corrected chi connectivity index (χ3v) is 3.63. The minimum absolute atomic E-state index is 0.167. The van der Waals surface area contributed by atoms with E-state index in [2.05, 4.69) is 11.8 Å². The van der Waals surface area contributed by atoms with E-state index in [-0.39, 0.29) is 6.61 Å². The summed E-state index contributed by atoms with van der Waals surface area (Å²) in [7, 11) is 0. The first-order valence-corrected chi connectivity index (χ1v) is 7.38. The van der Waals surface area contributed by atoms with Gasteiger partial charge in [0.05, 0.1) is 19.3 Å². The van der Waals surface area contributed by atoms with Crippen LogP contribution in [0.2, 0.25) is 0 Å². The van der Waals surface area contributed by atoms with Crippen LogP contribution >= 0.6 is 0 Å². The number of aliphatic hydroxyl groups is 2. The average molecular weight is 259 g/mol. The van der Waals surface area contributed by atoms with Crippen LogP contribution in [0.15, 0.2) is 0 Å². The molecular weight excluding hydrogens is 230 g/mol. The fraction of sp³-hybridized carbons (Fsp3) is 1.00. The van der Waals surface area contributed by atoms with Gasteiger partial charge in [0.1, 0.15) is 0 Å². The van der Waals surface area contributed by atoms with Gasteiger partial charge in [0.15, 0.2) is 0 Å². The largest absolute Gasteiger partial charge is 0.395 e. The minimum atomic E-state index is -0.436. The molecule has 0 heterocycles. The van der Waals surface area contributed by atoms with Crippen molar-refractivity contribution in [2.24, 2.45) is 0 Å². The molecule has 4 heteroatoms. The van der Waals surface area contributed by atoms with E-state index in [0.29, 0.717) is 25.7 Å². The minimum Gasteiger partial charge on any atom is -0.395 e. The fourth-order valence-electron chi connectivity index (χ4n) is 2.61. The SMILES string of the molecule is CCCCOCC(O)CN(CCO)C1CCCC1. The number of hydrogen-bond donors (Lipinski definition) is 2. The molecule has 0 amide bonds. The highest BCUT2D eigenvalue weighted by molar-refractivity contribution is 4.79. The van der Waals surface area contributed by atoms with Crippen molar-refractivity contribution in [1.29, 1.82) is 0 Å². The van der Waals surface area contributed by atoms with E-state index in [0.717, 1.165) is 19.4 Å². The van der Waals surface area contributed by atoms with Crippen molar-refractivity contribution in [2.45, 2.75) is 57.6 Å². The van der Waals surface area contributed by atoms with Gasteiger partial charge >= 0.3 is 0 Å². The molecule has 4 nitrogen and oxygen atoms in total. The molecule has 1 aliphatic rings. The molecule has 18 heavy (non-hydrogen) atoms. The number of nitrogens with zero attached hydrogens (tertiary/aromatic N) is 1. The first-order valence-electron chi connectivity index (χ1n) is 7.38. The molecule has 1 rings (SSSR count). The Balaban J connectivity index is 2.21. The van der Waals surface area contributed by atoms with E-state index in [9.17, 15) is 5.11 Å². The van der Waals surface area contributed by atoms with E-state index in [1.807, 2.05) is 0 Å².